The molecule has 0 N–H and O–H groups in total. The average molecular weight is 488 g/mol. The van der Waals surface area contributed by atoms with Crippen molar-refractivity contribution in [3.05, 3.63) is 65.8 Å². The van der Waals surface area contributed by atoms with E-state index in [1.165, 1.54) is 23.9 Å². The molecule has 0 bridgehead atoms. The van der Waals surface area contributed by atoms with Crippen LogP contribution in [0.25, 0.3) is 22.3 Å². The van der Waals surface area contributed by atoms with Crippen molar-refractivity contribution in [1.29, 1.82) is 0 Å². The molecule has 176 valence electrons. The van der Waals surface area contributed by atoms with E-state index in [-0.39, 0.29) is 11.4 Å². The molecule has 0 atom stereocenters. The van der Waals surface area contributed by atoms with Gasteiger partial charge in [-0.25, -0.2) is 9.97 Å². The molecule has 7 nitrogen and oxygen atoms in total. The molecular formula is C23H20F3N5O2S. The first-order valence-corrected chi connectivity index (χ1v) is 11.6. The Bertz CT molecular complexity index is 1290. The average Bonchev–Trinajstić information content (AvgIpc) is 3.32. The van der Waals surface area contributed by atoms with Gasteiger partial charge in [0.15, 0.2) is 0 Å². The number of nitrogens with zero attached hydrogens (tertiary/aromatic N) is 5. The van der Waals surface area contributed by atoms with Crippen molar-refractivity contribution < 1.29 is 22.4 Å². The van der Waals surface area contributed by atoms with Gasteiger partial charge in [-0.2, -0.15) is 18.2 Å². The number of morpholine rings is 1. The minimum absolute atomic E-state index is 0.113. The highest BCUT2D eigenvalue weighted by Gasteiger charge is 2.30. The second-order valence-corrected chi connectivity index (χ2v) is 8.69. The molecule has 0 spiro atoms. The zero-order chi connectivity index (χ0) is 23.5. The van der Waals surface area contributed by atoms with E-state index in [9.17, 15) is 13.2 Å². The summed E-state index contributed by atoms with van der Waals surface area (Å²) in [5, 5.41) is 5.56. The molecule has 3 heterocycles. The Hall–Kier alpha value is -3.02. The minimum atomic E-state index is -4.44. The fourth-order valence-electron chi connectivity index (χ4n) is 3.63. The first-order chi connectivity index (χ1) is 16.5. The van der Waals surface area contributed by atoms with Crippen LogP contribution in [0.3, 0.4) is 0 Å². The highest BCUT2D eigenvalue weighted by molar-refractivity contribution is 7.98. The van der Waals surface area contributed by atoms with Gasteiger partial charge in [0.2, 0.25) is 11.7 Å². The van der Waals surface area contributed by atoms with E-state index in [2.05, 4.69) is 15.0 Å². The summed E-state index contributed by atoms with van der Waals surface area (Å²) in [4.78, 5) is 16.0. The third-order valence-corrected chi connectivity index (χ3v) is 6.31. The lowest BCUT2D eigenvalue weighted by atomic mass is 10.1. The molecule has 0 saturated carbocycles. The molecule has 11 heteroatoms. The highest BCUT2D eigenvalue weighted by atomic mass is 32.2. The van der Waals surface area contributed by atoms with Crippen molar-refractivity contribution in [1.82, 2.24) is 25.0 Å². The fourth-order valence-corrected chi connectivity index (χ4v) is 4.50. The van der Waals surface area contributed by atoms with Crippen LogP contribution in [0.1, 0.15) is 17.3 Å². The number of para-hydroxylation sites is 1. The number of ether oxygens (including phenoxy) is 1. The number of benzene rings is 2. The Labute approximate surface area is 197 Å². The SMILES string of the molecule is FC(F)(F)c1cccc(-c2noc(CSc3nc(CN4CCOCC4)nc4ccccc34)n2)c1. The Morgan fingerprint density at radius 2 is 1.79 bits per heavy atom. The number of hydrogen-bond donors (Lipinski definition) is 0. The summed E-state index contributed by atoms with van der Waals surface area (Å²) >= 11 is 1.42. The van der Waals surface area contributed by atoms with Crippen LogP contribution in [0.4, 0.5) is 13.2 Å². The lowest BCUT2D eigenvalue weighted by Gasteiger charge is -2.25. The van der Waals surface area contributed by atoms with Gasteiger partial charge in [0, 0.05) is 24.0 Å². The number of alkyl halides is 3. The van der Waals surface area contributed by atoms with Crippen LogP contribution in [-0.4, -0.2) is 51.3 Å². The molecule has 2 aromatic heterocycles. The monoisotopic (exact) mass is 487 g/mol. The number of halogens is 3. The Morgan fingerprint density at radius 3 is 2.62 bits per heavy atom. The highest BCUT2D eigenvalue weighted by Crippen LogP contribution is 2.32. The molecule has 5 rings (SSSR count). The van der Waals surface area contributed by atoms with Crippen LogP contribution >= 0.6 is 11.8 Å². The first-order valence-electron chi connectivity index (χ1n) is 10.6. The van der Waals surface area contributed by atoms with Crippen molar-refractivity contribution in [2.75, 3.05) is 26.3 Å². The second-order valence-electron chi connectivity index (χ2n) is 7.73. The Kier molecular flexibility index (Phi) is 6.48. The molecule has 2 aromatic carbocycles. The Morgan fingerprint density at radius 1 is 0.971 bits per heavy atom. The summed E-state index contributed by atoms with van der Waals surface area (Å²) in [7, 11) is 0. The first kappa shape index (κ1) is 22.8. The third kappa shape index (κ3) is 5.21. The zero-order valence-corrected chi connectivity index (χ0v) is 18.8. The molecule has 4 aromatic rings. The van der Waals surface area contributed by atoms with E-state index in [1.807, 2.05) is 24.3 Å². The normalized spacial score (nSPS) is 15.1. The number of rotatable bonds is 6. The van der Waals surface area contributed by atoms with Gasteiger partial charge in [0.05, 0.1) is 36.6 Å². The van der Waals surface area contributed by atoms with Crippen molar-refractivity contribution in [2.45, 2.75) is 23.5 Å². The van der Waals surface area contributed by atoms with Crippen LogP contribution in [0.2, 0.25) is 0 Å². The van der Waals surface area contributed by atoms with Gasteiger partial charge >= 0.3 is 6.18 Å². The fraction of sp³-hybridized carbons (Fsp3) is 0.304. The van der Waals surface area contributed by atoms with E-state index >= 15 is 0 Å². The van der Waals surface area contributed by atoms with Gasteiger partial charge in [0.25, 0.3) is 0 Å². The smallest absolute Gasteiger partial charge is 0.379 e. The third-order valence-electron chi connectivity index (χ3n) is 5.33. The van der Waals surface area contributed by atoms with E-state index in [0.29, 0.717) is 31.4 Å². The topological polar surface area (TPSA) is 77.2 Å². The molecule has 1 fully saturated rings. The quantitative estimate of drug-likeness (QED) is 0.283. The molecule has 0 aliphatic carbocycles. The predicted molar refractivity (Wildman–Crippen MR) is 120 cm³/mol. The molecule has 34 heavy (non-hydrogen) atoms. The lowest BCUT2D eigenvalue weighted by Crippen LogP contribution is -2.36. The minimum Gasteiger partial charge on any atom is -0.379 e. The summed E-state index contributed by atoms with van der Waals surface area (Å²) in [6.45, 7) is 3.68. The molecule has 0 amide bonds. The number of hydrogen-bond acceptors (Lipinski definition) is 8. The van der Waals surface area contributed by atoms with E-state index in [4.69, 9.17) is 19.2 Å². The van der Waals surface area contributed by atoms with E-state index in [0.717, 1.165) is 47.0 Å². The Balaban J connectivity index is 1.35. The van der Waals surface area contributed by atoms with Gasteiger partial charge in [-0.3, -0.25) is 4.90 Å². The number of fused-ring (bicyclic) bond motifs is 1. The molecular weight excluding hydrogens is 467 g/mol. The van der Waals surface area contributed by atoms with Crippen molar-refractivity contribution >= 4 is 22.7 Å². The van der Waals surface area contributed by atoms with Gasteiger partial charge in [-0.15, -0.1) is 0 Å². The van der Waals surface area contributed by atoms with Crippen molar-refractivity contribution in [3.63, 3.8) is 0 Å². The van der Waals surface area contributed by atoms with Gasteiger partial charge < -0.3 is 9.26 Å². The summed E-state index contributed by atoms with van der Waals surface area (Å²) in [5.41, 5.74) is 0.333. The van der Waals surface area contributed by atoms with Gasteiger partial charge in [-0.05, 0) is 18.2 Å². The summed E-state index contributed by atoms with van der Waals surface area (Å²) in [5.74, 6) is 1.46. The zero-order valence-electron chi connectivity index (χ0n) is 18.0. The van der Waals surface area contributed by atoms with Crippen molar-refractivity contribution in [3.8, 4) is 11.4 Å². The van der Waals surface area contributed by atoms with E-state index < -0.39 is 11.7 Å². The summed E-state index contributed by atoms with van der Waals surface area (Å²) in [6, 6.07) is 12.6. The summed E-state index contributed by atoms with van der Waals surface area (Å²) < 4.78 is 49.8. The number of thioether (sulfide) groups is 1. The number of aromatic nitrogens is 4. The molecule has 0 unspecified atom stereocenters. The molecule has 0 radical (unpaired) electrons. The standard InChI is InChI=1S/C23H20F3N5O2S/c24-23(25,26)16-5-3-4-15(12-16)21-29-20(33-30-21)14-34-22-17-6-1-2-7-18(17)27-19(28-22)13-31-8-10-32-11-9-31/h1-7,12H,8-11,13-14H2. The maximum Gasteiger partial charge on any atom is 0.416 e. The van der Waals surface area contributed by atoms with E-state index in [1.54, 1.807) is 0 Å². The molecule has 1 saturated heterocycles. The lowest BCUT2D eigenvalue weighted by molar-refractivity contribution is -0.137. The molecule has 1 aliphatic heterocycles. The van der Waals surface area contributed by atoms with Crippen LogP contribution in [0, 0.1) is 0 Å². The van der Waals surface area contributed by atoms with Crippen LogP contribution in [0.5, 0.6) is 0 Å². The van der Waals surface area contributed by atoms with Crippen LogP contribution in [0.15, 0.2) is 58.1 Å². The van der Waals surface area contributed by atoms with Gasteiger partial charge in [0.1, 0.15) is 10.9 Å². The predicted octanol–water partition coefficient (Wildman–Crippen LogP) is 4.82. The van der Waals surface area contributed by atoms with Crippen LogP contribution in [-0.2, 0) is 23.2 Å². The second kappa shape index (κ2) is 9.69. The largest absolute Gasteiger partial charge is 0.416 e. The van der Waals surface area contributed by atoms with Crippen molar-refractivity contribution in [2.24, 2.45) is 0 Å². The molecule has 1 aliphatic rings. The van der Waals surface area contributed by atoms with Gasteiger partial charge in [-0.1, -0.05) is 47.3 Å². The van der Waals surface area contributed by atoms with Crippen LogP contribution < -0.4 is 0 Å². The summed E-state index contributed by atoms with van der Waals surface area (Å²) in [6.07, 6.45) is -4.44. The maximum atomic E-state index is 13.0. The maximum absolute atomic E-state index is 13.0.